The van der Waals surface area contributed by atoms with Crippen LogP contribution in [-0.4, -0.2) is 89.3 Å². The van der Waals surface area contributed by atoms with Crippen LogP contribution < -0.4 is 15.8 Å². The van der Waals surface area contributed by atoms with Crippen LogP contribution in [0.3, 0.4) is 0 Å². The summed E-state index contributed by atoms with van der Waals surface area (Å²) in [6, 6.07) is 7.56. The number of nitrogens with one attached hydrogen (secondary N) is 1. The number of nitrogens with two attached hydrogens (primary N) is 1. The fourth-order valence-corrected chi connectivity index (χ4v) is 4.12. The number of benzene rings is 1. The van der Waals surface area contributed by atoms with Crippen LogP contribution in [0.2, 0.25) is 0 Å². The van der Waals surface area contributed by atoms with Gasteiger partial charge in [-0.3, -0.25) is 4.79 Å². The fraction of sp³-hybridized carbons (Fsp3) is 0.440. The molecule has 0 spiro atoms. The molecule has 0 bridgehead atoms. The number of amides is 1. The van der Waals surface area contributed by atoms with Crippen LogP contribution in [0.5, 0.6) is 5.75 Å². The van der Waals surface area contributed by atoms with Gasteiger partial charge in [0.2, 0.25) is 11.9 Å². The number of nitrogen functional groups attached to an aromatic ring is 1. The number of fused-ring (bicyclic) bond motifs is 1. The van der Waals surface area contributed by atoms with E-state index in [1.165, 1.54) is 0 Å². The van der Waals surface area contributed by atoms with Gasteiger partial charge >= 0.3 is 0 Å². The number of nitrogens with zero attached hydrogens (tertiary/aromatic N) is 6. The first kappa shape index (κ1) is 25.4. The van der Waals surface area contributed by atoms with Gasteiger partial charge in [-0.05, 0) is 51.2 Å². The van der Waals surface area contributed by atoms with E-state index in [9.17, 15) is 4.79 Å². The summed E-state index contributed by atoms with van der Waals surface area (Å²) in [5.41, 5.74) is 8.23. The Bertz CT molecular complexity index is 1190. The standard InChI is InChI=1S/C25H34N8O3/c1-31(2)12-5-7-21(34)32-13-4-6-19(16-32)33-17-27-22-23(26)29-25(30-24(22)33)28-18-8-10-20(11-9-18)36-15-14-35-3/h5,7-11,17,19H,4,6,12-16H2,1-3H3,(H3,26,28,29,30)/b7-5+. The van der Waals surface area contributed by atoms with Crippen LogP contribution >= 0.6 is 0 Å². The summed E-state index contributed by atoms with van der Waals surface area (Å²) in [4.78, 5) is 30.2. The van der Waals surface area contributed by atoms with Crippen molar-refractivity contribution in [1.29, 1.82) is 0 Å². The van der Waals surface area contributed by atoms with Crippen LogP contribution in [0.1, 0.15) is 18.9 Å². The highest BCUT2D eigenvalue weighted by molar-refractivity contribution is 5.88. The highest BCUT2D eigenvalue weighted by Gasteiger charge is 2.26. The lowest BCUT2D eigenvalue weighted by atomic mass is 10.1. The highest BCUT2D eigenvalue weighted by Crippen LogP contribution is 2.28. The number of carbonyl (C=O) groups excluding carboxylic acids is 1. The van der Waals surface area contributed by atoms with E-state index in [0.717, 1.165) is 37.4 Å². The molecule has 1 saturated heterocycles. The number of imidazole rings is 1. The molecular formula is C25H34N8O3. The maximum atomic E-state index is 12.7. The third kappa shape index (κ3) is 6.29. The Balaban J connectivity index is 1.48. The molecule has 192 valence electrons. The van der Waals surface area contributed by atoms with Crippen molar-refractivity contribution in [3.05, 3.63) is 42.7 Å². The number of piperidine rings is 1. The lowest BCUT2D eigenvalue weighted by Crippen LogP contribution is -2.39. The molecule has 0 saturated carbocycles. The van der Waals surface area contributed by atoms with Gasteiger partial charge in [-0.15, -0.1) is 0 Å². The van der Waals surface area contributed by atoms with Crippen LogP contribution in [-0.2, 0) is 9.53 Å². The molecule has 36 heavy (non-hydrogen) atoms. The minimum atomic E-state index is 0.0251. The molecule has 11 heteroatoms. The minimum absolute atomic E-state index is 0.0251. The summed E-state index contributed by atoms with van der Waals surface area (Å²) in [5.74, 6) is 1.46. The Hall–Kier alpha value is -3.70. The van der Waals surface area contributed by atoms with Crippen LogP contribution in [0.4, 0.5) is 17.5 Å². The first-order valence-electron chi connectivity index (χ1n) is 12.0. The molecule has 3 N–H and O–H groups in total. The van der Waals surface area contributed by atoms with Gasteiger partial charge in [0.15, 0.2) is 11.5 Å². The number of hydrogen-bond donors (Lipinski definition) is 2. The van der Waals surface area contributed by atoms with Gasteiger partial charge in [-0.2, -0.15) is 9.97 Å². The largest absolute Gasteiger partial charge is 0.491 e. The molecule has 1 unspecified atom stereocenters. The number of likely N-dealkylation sites (N-methyl/N-ethyl adjacent to an activating group) is 1. The lowest BCUT2D eigenvalue weighted by molar-refractivity contribution is -0.127. The number of anilines is 3. The van der Waals surface area contributed by atoms with Crippen molar-refractivity contribution in [2.75, 3.05) is 65.1 Å². The number of rotatable bonds is 10. The van der Waals surface area contributed by atoms with Crippen molar-refractivity contribution in [2.45, 2.75) is 18.9 Å². The van der Waals surface area contributed by atoms with E-state index in [4.69, 9.17) is 20.2 Å². The van der Waals surface area contributed by atoms with Gasteiger partial charge in [0.25, 0.3) is 0 Å². The fourth-order valence-electron chi connectivity index (χ4n) is 4.12. The van der Waals surface area contributed by atoms with Gasteiger partial charge < -0.3 is 34.9 Å². The monoisotopic (exact) mass is 494 g/mol. The summed E-state index contributed by atoms with van der Waals surface area (Å²) >= 11 is 0. The topological polar surface area (TPSA) is 124 Å². The Labute approximate surface area is 210 Å². The molecule has 0 radical (unpaired) electrons. The molecule has 11 nitrogen and oxygen atoms in total. The predicted molar refractivity (Wildman–Crippen MR) is 139 cm³/mol. The minimum Gasteiger partial charge on any atom is -0.491 e. The highest BCUT2D eigenvalue weighted by atomic mass is 16.5. The average molecular weight is 495 g/mol. The zero-order valence-electron chi connectivity index (χ0n) is 21.1. The quantitative estimate of drug-likeness (QED) is 0.323. The SMILES string of the molecule is COCCOc1ccc(Nc2nc(N)c3ncn(C4CCCN(C(=O)/C=C/CN(C)C)C4)c3n2)cc1. The molecule has 1 amide bonds. The molecule has 4 rings (SSSR count). The molecule has 3 heterocycles. The second-order valence-electron chi connectivity index (χ2n) is 8.99. The summed E-state index contributed by atoms with van der Waals surface area (Å²) in [6.45, 7) is 3.07. The number of likely N-dealkylation sites (tertiary alicyclic amines) is 1. The van der Waals surface area contributed by atoms with Gasteiger partial charge in [0.05, 0.1) is 19.0 Å². The first-order valence-corrected chi connectivity index (χ1v) is 12.0. The van der Waals surface area contributed by atoms with Crippen LogP contribution in [0.25, 0.3) is 11.2 Å². The Morgan fingerprint density at radius 1 is 1.25 bits per heavy atom. The normalized spacial score (nSPS) is 16.2. The van der Waals surface area contributed by atoms with Crippen molar-refractivity contribution in [3.8, 4) is 5.75 Å². The number of hydrogen-bond acceptors (Lipinski definition) is 9. The number of aromatic nitrogens is 4. The Morgan fingerprint density at radius 2 is 2.06 bits per heavy atom. The molecule has 3 aromatic rings. The number of carbonyl (C=O) groups is 1. The molecule has 0 aliphatic carbocycles. The average Bonchev–Trinajstić information content (AvgIpc) is 3.30. The van der Waals surface area contributed by atoms with E-state index in [-0.39, 0.29) is 11.9 Å². The maximum absolute atomic E-state index is 12.7. The Kier molecular flexibility index (Phi) is 8.34. The molecule has 1 aliphatic heterocycles. The van der Waals surface area contributed by atoms with Gasteiger partial charge in [-0.1, -0.05) is 6.08 Å². The number of ether oxygens (including phenoxy) is 2. The lowest BCUT2D eigenvalue weighted by Gasteiger charge is -2.33. The van der Waals surface area contributed by atoms with E-state index in [2.05, 4.69) is 15.3 Å². The van der Waals surface area contributed by atoms with Crippen LogP contribution in [0.15, 0.2) is 42.7 Å². The molecule has 1 atom stereocenters. The zero-order chi connectivity index (χ0) is 25.5. The molecular weight excluding hydrogens is 460 g/mol. The van der Waals surface area contributed by atoms with Gasteiger partial charge in [0.1, 0.15) is 17.9 Å². The second kappa shape index (κ2) is 11.8. The summed E-state index contributed by atoms with van der Waals surface area (Å²) < 4.78 is 12.6. The van der Waals surface area contributed by atoms with Gasteiger partial charge in [-0.25, -0.2) is 4.98 Å². The van der Waals surface area contributed by atoms with Crippen molar-refractivity contribution in [1.82, 2.24) is 29.3 Å². The second-order valence-corrected chi connectivity index (χ2v) is 8.99. The zero-order valence-corrected chi connectivity index (χ0v) is 21.1. The van der Waals surface area contributed by atoms with Crippen molar-refractivity contribution in [3.63, 3.8) is 0 Å². The summed E-state index contributed by atoms with van der Waals surface area (Å²) in [5, 5.41) is 3.21. The first-order chi connectivity index (χ1) is 17.4. The van der Waals surface area contributed by atoms with E-state index in [1.807, 2.05) is 58.8 Å². The van der Waals surface area contributed by atoms with Gasteiger partial charge in [0, 0.05) is 38.5 Å². The molecule has 1 aromatic carbocycles. The predicted octanol–water partition coefficient (Wildman–Crippen LogP) is 2.46. The molecule has 1 aliphatic rings. The molecule has 2 aromatic heterocycles. The summed E-state index contributed by atoms with van der Waals surface area (Å²) in [6.07, 6.45) is 7.12. The third-order valence-electron chi connectivity index (χ3n) is 5.95. The third-order valence-corrected chi connectivity index (χ3v) is 5.95. The maximum Gasteiger partial charge on any atom is 0.246 e. The van der Waals surface area contributed by atoms with E-state index >= 15 is 0 Å². The van der Waals surface area contributed by atoms with Crippen molar-refractivity contribution < 1.29 is 14.3 Å². The van der Waals surface area contributed by atoms with E-state index in [1.54, 1.807) is 19.5 Å². The Morgan fingerprint density at radius 3 is 2.81 bits per heavy atom. The van der Waals surface area contributed by atoms with E-state index < -0.39 is 0 Å². The number of methoxy groups -OCH3 is 1. The smallest absolute Gasteiger partial charge is 0.246 e. The summed E-state index contributed by atoms with van der Waals surface area (Å²) in [7, 11) is 5.58. The van der Waals surface area contributed by atoms with Crippen molar-refractivity contribution in [2.24, 2.45) is 0 Å². The van der Waals surface area contributed by atoms with Crippen LogP contribution in [0, 0.1) is 0 Å². The van der Waals surface area contributed by atoms with Crippen molar-refractivity contribution >= 4 is 34.5 Å². The molecule has 1 fully saturated rings. The van der Waals surface area contributed by atoms with E-state index in [0.29, 0.717) is 42.7 Å².